The summed E-state index contributed by atoms with van der Waals surface area (Å²) < 4.78 is 11.4. The van der Waals surface area contributed by atoms with Crippen molar-refractivity contribution < 1.29 is 9.47 Å². The van der Waals surface area contributed by atoms with Gasteiger partial charge in [0.15, 0.2) is 5.17 Å². The molecule has 0 unspecified atom stereocenters. The molecule has 158 valence electrons. The van der Waals surface area contributed by atoms with Gasteiger partial charge in [-0.1, -0.05) is 30.8 Å². The summed E-state index contributed by atoms with van der Waals surface area (Å²) in [6.07, 6.45) is 2.98. The van der Waals surface area contributed by atoms with Crippen molar-refractivity contribution in [3.8, 4) is 5.75 Å². The highest BCUT2D eigenvalue weighted by atomic mass is 32.2. The van der Waals surface area contributed by atoms with E-state index in [1.165, 1.54) is 5.56 Å². The standard InChI is InChI=1S/C23H28N4O2S/c1-3-17-15-30-23-25-21(18-6-4-5-9-24-18)22(27(17)23)16-7-8-19(20(14-16)28-2)26-10-12-29-13-11-26/h4-9,14,17,21-22H,3,10-13,15H2,1-2H3/t17-,21-,22+/m0/s1. The first-order valence-corrected chi connectivity index (χ1v) is 11.7. The zero-order valence-electron chi connectivity index (χ0n) is 17.5. The van der Waals surface area contributed by atoms with Crippen LogP contribution in [0.15, 0.2) is 47.6 Å². The van der Waals surface area contributed by atoms with Gasteiger partial charge >= 0.3 is 0 Å². The maximum atomic E-state index is 5.85. The summed E-state index contributed by atoms with van der Waals surface area (Å²) in [5, 5.41) is 1.15. The highest BCUT2D eigenvalue weighted by molar-refractivity contribution is 8.14. The molecule has 0 bridgehead atoms. The highest BCUT2D eigenvalue weighted by Gasteiger charge is 2.45. The third-order valence-electron chi connectivity index (χ3n) is 6.23. The van der Waals surface area contributed by atoms with Gasteiger partial charge in [0.1, 0.15) is 11.8 Å². The number of hydrogen-bond donors (Lipinski definition) is 0. The van der Waals surface area contributed by atoms with Crippen LogP contribution in [-0.2, 0) is 4.74 Å². The van der Waals surface area contributed by atoms with Gasteiger partial charge in [-0.05, 0) is 36.2 Å². The molecule has 3 aliphatic heterocycles. The van der Waals surface area contributed by atoms with Crippen LogP contribution in [0, 0.1) is 0 Å². The molecule has 0 N–H and O–H groups in total. The SMILES string of the molecule is CC[C@H]1CSC2=N[C@@H](c3ccccn3)[C@@H](c3ccc(N4CCOCC4)c(OC)c3)N21. The molecule has 0 saturated carbocycles. The van der Waals surface area contributed by atoms with Crippen molar-refractivity contribution in [1.29, 1.82) is 0 Å². The van der Waals surface area contributed by atoms with Crippen molar-refractivity contribution in [2.75, 3.05) is 44.1 Å². The molecule has 30 heavy (non-hydrogen) atoms. The number of ether oxygens (including phenoxy) is 2. The van der Waals surface area contributed by atoms with Crippen molar-refractivity contribution >= 4 is 22.6 Å². The number of hydrogen-bond acceptors (Lipinski definition) is 7. The number of fused-ring (bicyclic) bond motifs is 1. The first-order valence-electron chi connectivity index (χ1n) is 10.7. The molecule has 0 radical (unpaired) electrons. The lowest BCUT2D eigenvalue weighted by Crippen LogP contribution is -2.37. The molecule has 1 aromatic carbocycles. The predicted molar refractivity (Wildman–Crippen MR) is 122 cm³/mol. The summed E-state index contributed by atoms with van der Waals surface area (Å²) in [6.45, 7) is 5.57. The van der Waals surface area contributed by atoms with Crippen LogP contribution in [0.2, 0.25) is 0 Å². The number of pyridine rings is 1. The van der Waals surface area contributed by atoms with Crippen molar-refractivity contribution in [3.63, 3.8) is 0 Å². The Morgan fingerprint density at radius 2 is 2.07 bits per heavy atom. The minimum Gasteiger partial charge on any atom is -0.495 e. The summed E-state index contributed by atoms with van der Waals surface area (Å²) >= 11 is 1.87. The molecular weight excluding hydrogens is 396 g/mol. The second-order valence-corrected chi connectivity index (χ2v) is 8.85. The lowest BCUT2D eigenvalue weighted by Gasteiger charge is -2.33. The van der Waals surface area contributed by atoms with Gasteiger partial charge in [0.25, 0.3) is 0 Å². The van der Waals surface area contributed by atoms with E-state index in [2.05, 4.69) is 52.0 Å². The van der Waals surface area contributed by atoms with E-state index in [1.807, 2.05) is 24.0 Å². The van der Waals surface area contributed by atoms with Gasteiger partial charge in [0.2, 0.25) is 0 Å². The van der Waals surface area contributed by atoms with Crippen molar-refractivity contribution in [3.05, 3.63) is 53.9 Å². The molecule has 0 aliphatic carbocycles. The van der Waals surface area contributed by atoms with E-state index in [-0.39, 0.29) is 12.1 Å². The number of amidine groups is 1. The van der Waals surface area contributed by atoms with Crippen molar-refractivity contribution in [2.24, 2.45) is 4.99 Å². The number of aromatic nitrogens is 1. The Morgan fingerprint density at radius 3 is 2.80 bits per heavy atom. The minimum absolute atomic E-state index is 0.00185. The molecular formula is C23H28N4O2S. The normalized spacial score (nSPS) is 25.9. The van der Waals surface area contributed by atoms with Crippen LogP contribution >= 0.6 is 11.8 Å². The van der Waals surface area contributed by atoms with Gasteiger partial charge in [-0.15, -0.1) is 0 Å². The van der Waals surface area contributed by atoms with Crippen LogP contribution in [-0.4, -0.2) is 60.3 Å². The van der Waals surface area contributed by atoms with Gasteiger partial charge in [-0.25, -0.2) is 0 Å². The van der Waals surface area contributed by atoms with E-state index >= 15 is 0 Å². The zero-order valence-corrected chi connectivity index (χ0v) is 18.3. The first kappa shape index (κ1) is 19.7. The van der Waals surface area contributed by atoms with E-state index in [4.69, 9.17) is 14.5 Å². The molecule has 2 fully saturated rings. The summed E-state index contributed by atoms with van der Waals surface area (Å²) in [7, 11) is 1.76. The second-order valence-electron chi connectivity index (χ2n) is 7.87. The van der Waals surface area contributed by atoms with Gasteiger partial charge in [-0.3, -0.25) is 9.98 Å². The minimum atomic E-state index is 0.00185. The lowest BCUT2D eigenvalue weighted by atomic mass is 9.94. The maximum absolute atomic E-state index is 5.85. The van der Waals surface area contributed by atoms with Crippen LogP contribution in [0.4, 0.5) is 5.69 Å². The van der Waals surface area contributed by atoms with Crippen LogP contribution in [0.1, 0.15) is 36.7 Å². The third-order valence-corrected chi connectivity index (χ3v) is 7.35. The molecule has 3 aliphatic rings. The number of thioether (sulfide) groups is 1. The molecule has 1 aromatic heterocycles. The number of benzene rings is 1. The van der Waals surface area contributed by atoms with Gasteiger partial charge < -0.3 is 19.3 Å². The first-order chi connectivity index (χ1) is 14.8. The fourth-order valence-corrected chi connectivity index (χ4v) is 5.99. The maximum Gasteiger partial charge on any atom is 0.160 e. The number of aliphatic imine (C=N–C) groups is 1. The van der Waals surface area contributed by atoms with E-state index in [9.17, 15) is 0 Å². The van der Waals surface area contributed by atoms with E-state index in [1.54, 1.807) is 7.11 Å². The topological polar surface area (TPSA) is 50.2 Å². The summed E-state index contributed by atoms with van der Waals surface area (Å²) in [4.78, 5) is 14.6. The van der Waals surface area contributed by atoms with E-state index in [0.29, 0.717) is 6.04 Å². The van der Waals surface area contributed by atoms with Gasteiger partial charge in [0.05, 0.1) is 37.7 Å². The third kappa shape index (κ3) is 3.44. The summed E-state index contributed by atoms with van der Waals surface area (Å²) in [6, 6.07) is 13.4. The Hall–Kier alpha value is -2.25. The average molecular weight is 425 g/mol. The Bertz CT molecular complexity index is 917. The van der Waals surface area contributed by atoms with Crippen LogP contribution < -0.4 is 9.64 Å². The monoisotopic (exact) mass is 424 g/mol. The van der Waals surface area contributed by atoms with Crippen LogP contribution in [0.5, 0.6) is 5.75 Å². The quantitative estimate of drug-likeness (QED) is 0.726. The number of anilines is 1. The average Bonchev–Trinajstić information content (AvgIpc) is 3.39. The number of morpholine rings is 1. The Balaban J connectivity index is 1.54. The fraction of sp³-hybridized carbons (Fsp3) is 0.478. The predicted octanol–water partition coefficient (Wildman–Crippen LogP) is 3.91. The molecule has 6 nitrogen and oxygen atoms in total. The van der Waals surface area contributed by atoms with E-state index < -0.39 is 0 Å². The molecule has 5 rings (SSSR count). The number of rotatable bonds is 5. The van der Waals surface area contributed by atoms with Crippen LogP contribution in [0.25, 0.3) is 0 Å². The molecule has 7 heteroatoms. The Morgan fingerprint density at radius 1 is 1.20 bits per heavy atom. The van der Waals surface area contributed by atoms with Crippen molar-refractivity contribution in [2.45, 2.75) is 31.5 Å². The highest BCUT2D eigenvalue weighted by Crippen LogP contribution is 2.49. The number of nitrogens with zero attached hydrogens (tertiary/aromatic N) is 4. The lowest BCUT2D eigenvalue weighted by molar-refractivity contribution is 0.122. The smallest absolute Gasteiger partial charge is 0.160 e. The fourth-order valence-electron chi connectivity index (χ4n) is 4.65. The molecule has 2 saturated heterocycles. The summed E-state index contributed by atoms with van der Waals surface area (Å²) in [5.74, 6) is 2.02. The second kappa shape index (κ2) is 8.47. The van der Waals surface area contributed by atoms with Crippen molar-refractivity contribution in [1.82, 2.24) is 9.88 Å². The van der Waals surface area contributed by atoms with Gasteiger partial charge in [-0.2, -0.15) is 0 Å². The zero-order chi connectivity index (χ0) is 20.5. The summed E-state index contributed by atoms with van der Waals surface area (Å²) in [5.41, 5.74) is 3.40. The van der Waals surface area contributed by atoms with Gasteiger partial charge in [0, 0.05) is 31.1 Å². The Kier molecular flexibility index (Phi) is 5.56. The molecule has 0 spiro atoms. The number of methoxy groups -OCH3 is 1. The molecule has 4 heterocycles. The molecule has 2 aromatic rings. The Labute approximate surface area is 182 Å². The van der Waals surface area contributed by atoms with E-state index in [0.717, 1.165) is 60.8 Å². The molecule has 0 amide bonds. The largest absolute Gasteiger partial charge is 0.495 e. The van der Waals surface area contributed by atoms with Crippen LogP contribution in [0.3, 0.4) is 0 Å². The molecule has 3 atom stereocenters.